The molecule has 0 aliphatic carbocycles. The summed E-state index contributed by atoms with van der Waals surface area (Å²) in [5, 5.41) is 1.10. The second-order valence-electron chi connectivity index (χ2n) is 7.65. The number of amides is 1. The van der Waals surface area contributed by atoms with Gasteiger partial charge in [-0.05, 0) is 50.5 Å². The van der Waals surface area contributed by atoms with E-state index < -0.39 is 0 Å². The van der Waals surface area contributed by atoms with Crippen molar-refractivity contribution in [3.05, 3.63) is 47.7 Å². The zero-order valence-electron chi connectivity index (χ0n) is 16.9. The number of fused-ring (bicyclic) bond motifs is 1. The van der Waals surface area contributed by atoms with Gasteiger partial charge in [0.15, 0.2) is 5.65 Å². The Morgan fingerprint density at radius 3 is 2.61 bits per heavy atom. The summed E-state index contributed by atoms with van der Waals surface area (Å²) in [4.78, 5) is 30.3. The van der Waals surface area contributed by atoms with E-state index in [0.717, 1.165) is 48.5 Å². The Bertz CT molecular complexity index is 1020. The lowest BCUT2D eigenvalue weighted by Crippen LogP contribution is -2.46. The molecule has 1 fully saturated rings. The van der Waals surface area contributed by atoms with Crippen LogP contribution in [-0.2, 0) is 7.05 Å². The van der Waals surface area contributed by atoms with Gasteiger partial charge in [-0.3, -0.25) is 4.79 Å². The monoisotopic (exact) mass is 378 g/mol. The van der Waals surface area contributed by atoms with Crippen LogP contribution in [0.15, 0.2) is 30.7 Å². The molecular formula is C21H26N6O. The van der Waals surface area contributed by atoms with Crippen LogP contribution in [0.3, 0.4) is 0 Å². The molecule has 3 aromatic heterocycles. The van der Waals surface area contributed by atoms with Gasteiger partial charge in [-0.1, -0.05) is 0 Å². The lowest BCUT2D eigenvalue weighted by molar-refractivity contribution is 0.0699. The van der Waals surface area contributed by atoms with Crippen LogP contribution in [0.25, 0.3) is 11.0 Å². The third-order valence-electron chi connectivity index (χ3n) is 5.69. The molecule has 4 rings (SSSR count). The van der Waals surface area contributed by atoms with Gasteiger partial charge >= 0.3 is 0 Å². The van der Waals surface area contributed by atoms with Gasteiger partial charge in [0.25, 0.3) is 5.91 Å². The van der Waals surface area contributed by atoms with Crippen LogP contribution >= 0.6 is 0 Å². The Hall–Kier alpha value is -2.96. The highest BCUT2D eigenvalue weighted by Gasteiger charge is 2.27. The molecule has 7 heteroatoms. The molecule has 0 saturated carbocycles. The number of piperidine rings is 1. The predicted molar refractivity (Wildman–Crippen MR) is 110 cm³/mol. The van der Waals surface area contributed by atoms with E-state index in [9.17, 15) is 4.79 Å². The van der Waals surface area contributed by atoms with Gasteiger partial charge in [0.2, 0.25) is 0 Å². The minimum absolute atomic E-state index is 0.0254. The van der Waals surface area contributed by atoms with Gasteiger partial charge in [0.1, 0.15) is 11.5 Å². The Morgan fingerprint density at radius 2 is 1.93 bits per heavy atom. The van der Waals surface area contributed by atoms with Gasteiger partial charge in [0.05, 0.1) is 12.5 Å². The number of imidazole rings is 1. The van der Waals surface area contributed by atoms with Crippen LogP contribution in [0.1, 0.15) is 34.6 Å². The highest BCUT2D eigenvalue weighted by atomic mass is 16.2. The molecule has 0 radical (unpaired) electrons. The maximum Gasteiger partial charge on any atom is 0.272 e. The minimum atomic E-state index is 0.0254. The van der Waals surface area contributed by atoms with Crippen molar-refractivity contribution in [1.82, 2.24) is 24.4 Å². The molecule has 146 valence electrons. The number of aryl methyl sites for hydroxylation is 3. The molecule has 0 bridgehead atoms. The lowest BCUT2D eigenvalue weighted by Gasteiger charge is -2.37. The Morgan fingerprint density at radius 1 is 1.18 bits per heavy atom. The standard InChI is InChI=1S/C21H26N6O/c1-14-11-15(2)23-20-17(14)5-6-19(24-20)27-9-7-16(8-10-27)26(4)21(28)18-12-22-13-25(18)3/h5-6,11-13,16H,7-10H2,1-4H3. The van der Waals surface area contributed by atoms with Crippen LogP contribution in [0.2, 0.25) is 0 Å². The SMILES string of the molecule is Cc1cc(C)c2ccc(N3CCC(N(C)C(=O)c4cncn4C)CC3)nc2n1. The van der Waals surface area contributed by atoms with Crippen molar-refractivity contribution in [2.24, 2.45) is 7.05 Å². The van der Waals surface area contributed by atoms with Crippen molar-refractivity contribution < 1.29 is 4.79 Å². The molecule has 4 heterocycles. The molecular weight excluding hydrogens is 352 g/mol. The number of anilines is 1. The Balaban J connectivity index is 1.46. The molecule has 1 aliphatic heterocycles. The fourth-order valence-corrected chi connectivity index (χ4v) is 3.99. The molecule has 1 aliphatic rings. The molecule has 3 aromatic rings. The van der Waals surface area contributed by atoms with Gasteiger partial charge in [-0.25, -0.2) is 15.0 Å². The molecule has 0 spiro atoms. The largest absolute Gasteiger partial charge is 0.356 e. The number of nitrogens with zero attached hydrogens (tertiary/aromatic N) is 6. The number of carbonyl (C=O) groups is 1. The van der Waals surface area contributed by atoms with Gasteiger partial charge in [-0.2, -0.15) is 0 Å². The number of pyridine rings is 2. The topological polar surface area (TPSA) is 67.2 Å². The first kappa shape index (κ1) is 18.4. The summed E-state index contributed by atoms with van der Waals surface area (Å²) in [6.07, 6.45) is 5.12. The first-order valence-corrected chi connectivity index (χ1v) is 9.67. The third kappa shape index (κ3) is 3.32. The van der Waals surface area contributed by atoms with Gasteiger partial charge < -0.3 is 14.4 Å². The van der Waals surface area contributed by atoms with Crippen molar-refractivity contribution in [2.45, 2.75) is 32.7 Å². The average molecular weight is 378 g/mol. The zero-order chi connectivity index (χ0) is 19.8. The molecule has 1 amide bonds. The van der Waals surface area contributed by atoms with E-state index in [2.05, 4.69) is 40.0 Å². The maximum atomic E-state index is 12.7. The first-order chi connectivity index (χ1) is 13.4. The second-order valence-corrected chi connectivity index (χ2v) is 7.65. The number of aromatic nitrogens is 4. The van der Waals surface area contributed by atoms with E-state index in [4.69, 9.17) is 4.98 Å². The van der Waals surface area contributed by atoms with Crippen LogP contribution in [0.4, 0.5) is 5.82 Å². The summed E-state index contributed by atoms with van der Waals surface area (Å²) in [5.74, 6) is 0.987. The predicted octanol–water partition coefficient (Wildman–Crippen LogP) is 2.72. The highest BCUT2D eigenvalue weighted by Crippen LogP contribution is 2.24. The number of hydrogen-bond donors (Lipinski definition) is 0. The lowest BCUT2D eigenvalue weighted by atomic mass is 10.0. The molecule has 0 aromatic carbocycles. The van der Waals surface area contributed by atoms with E-state index in [0.29, 0.717) is 5.69 Å². The zero-order valence-corrected chi connectivity index (χ0v) is 16.9. The molecule has 1 saturated heterocycles. The first-order valence-electron chi connectivity index (χ1n) is 9.67. The molecule has 0 atom stereocenters. The molecule has 7 nitrogen and oxygen atoms in total. The number of hydrogen-bond acceptors (Lipinski definition) is 5. The van der Waals surface area contributed by atoms with E-state index in [1.807, 2.05) is 25.9 Å². The third-order valence-corrected chi connectivity index (χ3v) is 5.69. The smallest absolute Gasteiger partial charge is 0.272 e. The van der Waals surface area contributed by atoms with Crippen molar-refractivity contribution in [2.75, 3.05) is 25.0 Å². The van der Waals surface area contributed by atoms with Crippen molar-refractivity contribution >= 4 is 22.8 Å². The summed E-state index contributed by atoms with van der Waals surface area (Å²) in [5.41, 5.74) is 3.62. The van der Waals surface area contributed by atoms with E-state index in [-0.39, 0.29) is 11.9 Å². The fourth-order valence-electron chi connectivity index (χ4n) is 3.99. The van der Waals surface area contributed by atoms with Crippen LogP contribution in [0, 0.1) is 13.8 Å². The van der Waals surface area contributed by atoms with Crippen LogP contribution < -0.4 is 4.90 Å². The molecule has 28 heavy (non-hydrogen) atoms. The fraction of sp³-hybridized carbons (Fsp3) is 0.429. The molecule has 0 unspecified atom stereocenters. The van der Waals surface area contributed by atoms with Crippen LogP contribution in [-0.4, -0.2) is 56.5 Å². The van der Waals surface area contributed by atoms with E-state index in [1.165, 1.54) is 5.56 Å². The summed E-state index contributed by atoms with van der Waals surface area (Å²) in [7, 11) is 3.74. The molecule has 0 N–H and O–H groups in total. The van der Waals surface area contributed by atoms with Crippen molar-refractivity contribution in [3.8, 4) is 0 Å². The van der Waals surface area contributed by atoms with Crippen LogP contribution in [0.5, 0.6) is 0 Å². The summed E-state index contributed by atoms with van der Waals surface area (Å²) in [6, 6.07) is 6.51. The normalized spacial score (nSPS) is 15.2. The summed E-state index contributed by atoms with van der Waals surface area (Å²) in [6.45, 7) is 5.84. The highest BCUT2D eigenvalue weighted by molar-refractivity contribution is 5.92. The minimum Gasteiger partial charge on any atom is -0.356 e. The summed E-state index contributed by atoms with van der Waals surface area (Å²) < 4.78 is 1.77. The number of rotatable bonds is 3. The Kier molecular flexibility index (Phi) is 4.75. The van der Waals surface area contributed by atoms with E-state index in [1.54, 1.807) is 17.1 Å². The van der Waals surface area contributed by atoms with Crippen molar-refractivity contribution in [1.29, 1.82) is 0 Å². The number of carbonyl (C=O) groups excluding carboxylic acids is 1. The second kappa shape index (κ2) is 7.22. The van der Waals surface area contributed by atoms with Crippen molar-refractivity contribution in [3.63, 3.8) is 0 Å². The van der Waals surface area contributed by atoms with E-state index >= 15 is 0 Å². The van der Waals surface area contributed by atoms with Gasteiger partial charge in [0, 0.05) is 44.3 Å². The average Bonchev–Trinajstić information content (AvgIpc) is 3.12. The quantitative estimate of drug-likeness (QED) is 0.701. The maximum absolute atomic E-state index is 12.7. The Labute approximate surface area is 165 Å². The van der Waals surface area contributed by atoms with Gasteiger partial charge in [-0.15, -0.1) is 0 Å². The summed E-state index contributed by atoms with van der Waals surface area (Å²) >= 11 is 0.